The summed E-state index contributed by atoms with van der Waals surface area (Å²) in [4.78, 5) is 4.76. The fraction of sp³-hybridized carbons (Fsp3) is 0.471. The normalized spacial score (nSPS) is 14.0. The van der Waals surface area contributed by atoms with E-state index in [1.54, 1.807) is 18.4 Å². The van der Waals surface area contributed by atoms with E-state index in [4.69, 9.17) is 9.72 Å². The third kappa shape index (κ3) is 3.44. The van der Waals surface area contributed by atoms with E-state index >= 15 is 0 Å². The first-order valence-corrected chi connectivity index (χ1v) is 8.29. The lowest BCUT2D eigenvalue weighted by atomic mass is 9.96. The topological polar surface area (TPSA) is 34.1 Å². The Kier molecular flexibility index (Phi) is 5.37. The molecule has 1 aromatic heterocycles. The van der Waals surface area contributed by atoms with Gasteiger partial charge in [0.1, 0.15) is 10.8 Å². The number of thiazole rings is 1. The fourth-order valence-corrected chi connectivity index (χ4v) is 3.09. The molecule has 1 N–H and O–H groups in total. The third-order valence-electron chi connectivity index (χ3n) is 4.01. The summed E-state index contributed by atoms with van der Waals surface area (Å²) >= 11 is 1.69. The number of aromatic nitrogens is 1. The van der Waals surface area contributed by atoms with Crippen LogP contribution in [-0.2, 0) is 0 Å². The molecule has 2 rings (SSSR count). The molecule has 21 heavy (non-hydrogen) atoms. The Morgan fingerprint density at radius 3 is 2.71 bits per heavy atom. The van der Waals surface area contributed by atoms with E-state index in [9.17, 15) is 0 Å². The first kappa shape index (κ1) is 16.0. The van der Waals surface area contributed by atoms with Crippen LogP contribution < -0.4 is 10.1 Å². The van der Waals surface area contributed by atoms with Crippen LogP contribution in [0.3, 0.4) is 0 Å². The van der Waals surface area contributed by atoms with Crippen molar-refractivity contribution in [3.63, 3.8) is 0 Å². The number of ether oxygens (including phenoxy) is 1. The van der Waals surface area contributed by atoms with Gasteiger partial charge in [0, 0.05) is 10.9 Å². The number of methoxy groups -OCH3 is 1. The summed E-state index contributed by atoms with van der Waals surface area (Å²) in [7, 11) is 3.67. The number of rotatable bonds is 6. The van der Waals surface area contributed by atoms with Gasteiger partial charge in [0.25, 0.3) is 0 Å². The van der Waals surface area contributed by atoms with E-state index in [1.807, 2.05) is 7.05 Å². The molecule has 1 aromatic carbocycles. The SMILES string of the molecule is CCC(C)c1ccc(OC)c(-c2csc(C(C)NC)n2)c1. The molecule has 0 saturated carbocycles. The number of benzene rings is 1. The van der Waals surface area contributed by atoms with Crippen molar-refractivity contribution in [1.82, 2.24) is 10.3 Å². The Labute approximate surface area is 131 Å². The first-order chi connectivity index (χ1) is 10.1. The van der Waals surface area contributed by atoms with Crippen molar-refractivity contribution >= 4 is 11.3 Å². The molecular formula is C17H24N2OS. The minimum atomic E-state index is 0.271. The van der Waals surface area contributed by atoms with Crippen LogP contribution in [0.5, 0.6) is 5.75 Å². The lowest BCUT2D eigenvalue weighted by Gasteiger charge is -2.13. The lowest BCUT2D eigenvalue weighted by Crippen LogP contribution is -2.11. The molecule has 0 spiro atoms. The zero-order valence-electron chi connectivity index (χ0n) is 13.4. The summed E-state index contributed by atoms with van der Waals surface area (Å²) in [5.41, 5.74) is 3.42. The van der Waals surface area contributed by atoms with E-state index in [0.29, 0.717) is 5.92 Å². The van der Waals surface area contributed by atoms with Gasteiger partial charge in [-0.2, -0.15) is 0 Å². The van der Waals surface area contributed by atoms with Crippen molar-refractivity contribution in [1.29, 1.82) is 0 Å². The van der Waals surface area contributed by atoms with Crippen LogP contribution in [0.15, 0.2) is 23.6 Å². The van der Waals surface area contributed by atoms with Crippen molar-refractivity contribution in [3.05, 3.63) is 34.2 Å². The molecular weight excluding hydrogens is 280 g/mol. The zero-order valence-corrected chi connectivity index (χ0v) is 14.3. The highest BCUT2D eigenvalue weighted by Crippen LogP contribution is 2.35. The Morgan fingerprint density at radius 2 is 2.10 bits per heavy atom. The average molecular weight is 304 g/mol. The molecule has 0 amide bonds. The first-order valence-electron chi connectivity index (χ1n) is 7.41. The number of nitrogens with zero attached hydrogens (tertiary/aromatic N) is 1. The van der Waals surface area contributed by atoms with Gasteiger partial charge in [-0.3, -0.25) is 0 Å². The highest BCUT2D eigenvalue weighted by Gasteiger charge is 2.15. The van der Waals surface area contributed by atoms with Gasteiger partial charge in [-0.1, -0.05) is 19.9 Å². The van der Waals surface area contributed by atoms with Crippen molar-refractivity contribution < 1.29 is 4.74 Å². The van der Waals surface area contributed by atoms with Crippen LogP contribution >= 0.6 is 11.3 Å². The van der Waals surface area contributed by atoms with E-state index in [2.05, 4.69) is 49.7 Å². The van der Waals surface area contributed by atoms with Gasteiger partial charge < -0.3 is 10.1 Å². The molecule has 114 valence electrons. The maximum Gasteiger partial charge on any atom is 0.128 e. The van der Waals surface area contributed by atoms with Crippen molar-refractivity contribution in [2.45, 2.75) is 39.2 Å². The van der Waals surface area contributed by atoms with Crippen LogP contribution in [0.2, 0.25) is 0 Å². The highest BCUT2D eigenvalue weighted by molar-refractivity contribution is 7.10. The molecule has 2 aromatic rings. The second-order valence-electron chi connectivity index (χ2n) is 5.35. The van der Waals surface area contributed by atoms with Crippen molar-refractivity contribution in [3.8, 4) is 17.0 Å². The molecule has 0 radical (unpaired) electrons. The minimum Gasteiger partial charge on any atom is -0.496 e. The van der Waals surface area contributed by atoms with E-state index in [0.717, 1.165) is 28.4 Å². The lowest BCUT2D eigenvalue weighted by molar-refractivity contribution is 0.416. The molecule has 0 aliphatic heterocycles. The number of hydrogen-bond acceptors (Lipinski definition) is 4. The van der Waals surface area contributed by atoms with Crippen LogP contribution in [0.25, 0.3) is 11.3 Å². The largest absolute Gasteiger partial charge is 0.496 e. The number of nitrogens with one attached hydrogen (secondary N) is 1. The summed E-state index contributed by atoms with van der Waals surface area (Å²) in [6, 6.07) is 6.69. The molecule has 2 unspecified atom stereocenters. The maximum absolute atomic E-state index is 5.51. The quantitative estimate of drug-likeness (QED) is 0.846. The predicted octanol–water partition coefficient (Wildman–Crippen LogP) is 4.61. The zero-order chi connectivity index (χ0) is 15.4. The summed E-state index contributed by atoms with van der Waals surface area (Å²) in [6.07, 6.45) is 1.13. The van der Waals surface area contributed by atoms with Crippen molar-refractivity contribution in [2.75, 3.05) is 14.2 Å². The molecule has 0 fully saturated rings. The highest BCUT2D eigenvalue weighted by atomic mass is 32.1. The van der Waals surface area contributed by atoms with Gasteiger partial charge in [0.15, 0.2) is 0 Å². The van der Waals surface area contributed by atoms with Crippen molar-refractivity contribution in [2.24, 2.45) is 0 Å². The van der Waals surface area contributed by atoms with Crippen LogP contribution in [0, 0.1) is 0 Å². The number of hydrogen-bond donors (Lipinski definition) is 1. The fourth-order valence-electron chi connectivity index (χ4n) is 2.20. The summed E-state index contributed by atoms with van der Waals surface area (Å²) in [5.74, 6) is 1.43. The summed E-state index contributed by atoms with van der Waals surface area (Å²) in [6.45, 7) is 6.58. The van der Waals surface area contributed by atoms with Crippen LogP contribution in [0.4, 0.5) is 0 Å². The molecule has 0 bridgehead atoms. The van der Waals surface area contributed by atoms with E-state index < -0.39 is 0 Å². The molecule has 0 saturated heterocycles. The van der Waals surface area contributed by atoms with E-state index in [-0.39, 0.29) is 6.04 Å². The van der Waals surface area contributed by atoms with Gasteiger partial charge in [0.2, 0.25) is 0 Å². The Balaban J connectivity index is 2.43. The summed E-state index contributed by atoms with van der Waals surface area (Å²) < 4.78 is 5.51. The molecule has 1 heterocycles. The summed E-state index contributed by atoms with van der Waals surface area (Å²) in [5, 5.41) is 6.44. The smallest absolute Gasteiger partial charge is 0.128 e. The van der Waals surface area contributed by atoms with Gasteiger partial charge in [-0.25, -0.2) is 4.98 Å². The Hall–Kier alpha value is -1.39. The predicted molar refractivity (Wildman–Crippen MR) is 90.3 cm³/mol. The van der Waals surface area contributed by atoms with Gasteiger partial charge in [0.05, 0.1) is 18.8 Å². The monoisotopic (exact) mass is 304 g/mol. The van der Waals surface area contributed by atoms with Crippen LogP contribution in [0.1, 0.15) is 49.7 Å². The average Bonchev–Trinajstić information content (AvgIpc) is 3.02. The maximum atomic E-state index is 5.51. The second kappa shape index (κ2) is 7.05. The molecule has 3 nitrogen and oxygen atoms in total. The Bertz CT molecular complexity index is 594. The Morgan fingerprint density at radius 1 is 1.33 bits per heavy atom. The second-order valence-corrected chi connectivity index (χ2v) is 6.24. The van der Waals surface area contributed by atoms with Crippen LogP contribution in [-0.4, -0.2) is 19.1 Å². The van der Waals surface area contributed by atoms with Gasteiger partial charge >= 0.3 is 0 Å². The minimum absolute atomic E-state index is 0.271. The van der Waals surface area contributed by atoms with E-state index in [1.165, 1.54) is 5.56 Å². The van der Waals surface area contributed by atoms with Gasteiger partial charge in [-0.05, 0) is 44.0 Å². The van der Waals surface area contributed by atoms with Gasteiger partial charge in [-0.15, -0.1) is 11.3 Å². The third-order valence-corrected chi connectivity index (χ3v) is 5.03. The molecule has 0 aliphatic carbocycles. The molecule has 0 aliphatic rings. The molecule has 4 heteroatoms. The standard InChI is InChI=1S/C17H24N2OS/c1-6-11(2)13-7-8-16(20-5)14(9-13)15-10-21-17(19-15)12(3)18-4/h7-12,18H,6H2,1-5H3. The molecule has 2 atom stereocenters.